The van der Waals surface area contributed by atoms with Crippen molar-refractivity contribution in [2.24, 2.45) is 7.05 Å². The molecule has 3 rings (SSSR count). The molecule has 0 aliphatic rings. The Morgan fingerprint density at radius 1 is 1.17 bits per heavy atom. The zero-order valence-corrected chi connectivity index (χ0v) is 15.3. The summed E-state index contributed by atoms with van der Waals surface area (Å²) in [7, 11) is 2.01. The minimum absolute atomic E-state index is 0.123. The van der Waals surface area contributed by atoms with Gasteiger partial charge in [0.15, 0.2) is 0 Å². The molecule has 128 valence electrons. The molecule has 24 heavy (non-hydrogen) atoms. The summed E-state index contributed by atoms with van der Waals surface area (Å²) in [6.07, 6.45) is 0.977. The van der Waals surface area contributed by atoms with Gasteiger partial charge in [0.1, 0.15) is 5.69 Å². The molecule has 4 nitrogen and oxygen atoms in total. The van der Waals surface area contributed by atoms with Crippen molar-refractivity contribution in [3.05, 3.63) is 36.0 Å². The van der Waals surface area contributed by atoms with Crippen LogP contribution in [0.1, 0.15) is 50.6 Å². The number of carbonyl (C=O) groups excluding carboxylic acids is 1. The fourth-order valence-corrected chi connectivity index (χ4v) is 3.70. The first-order valence-electron chi connectivity index (χ1n) is 8.88. The normalized spacial score (nSPS) is 11.8. The van der Waals surface area contributed by atoms with E-state index < -0.39 is 0 Å². The molecule has 0 aliphatic heterocycles. The predicted molar refractivity (Wildman–Crippen MR) is 101 cm³/mol. The predicted octanol–water partition coefficient (Wildman–Crippen LogP) is 4.59. The van der Waals surface area contributed by atoms with E-state index in [0.717, 1.165) is 36.2 Å². The smallest absolute Gasteiger partial charge is 0.270 e. The minimum Gasteiger partial charge on any atom is -0.338 e. The zero-order chi connectivity index (χ0) is 17.4. The van der Waals surface area contributed by atoms with Crippen LogP contribution in [0.25, 0.3) is 21.9 Å². The van der Waals surface area contributed by atoms with Gasteiger partial charge in [-0.05, 0) is 39.3 Å². The van der Waals surface area contributed by atoms with Gasteiger partial charge in [-0.15, -0.1) is 0 Å². The van der Waals surface area contributed by atoms with Crippen molar-refractivity contribution in [2.45, 2.75) is 40.2 Å². The van der Waals surface area contributed by atoms with Crippen molar-refractivity contribution in [1.82, 2.24) is 14.0 Å². The number of benzene rings is 1. The van der Waals surface area contributed by atoms with Crippen LogP contribution < -0.4 is 0 Å². The summed E-state index contributed by atoms with van der Waals surface area (Å²) in [4.78, 5) is 14.9. The Labute approximate surface area is 143 Å². The summed E-state index contributed by atoms with van der Waals surface area (Å²) >= 11 is 0. The van der Waals surface area contributed by atoms with E-state index in [9.17, 15) is 4.79 Å². The summed E-state index contributed by atoms with van der Waals surface area (Å²) in [5.41, 5.74) is 4.29. The molecule has 0 saturated carbocycles. The molecule has 0 N–H and O–H groups in total. The first-order chi connectivity index (χ1) is 11.5. The van der Waals surface area contributed by atoms with Crippen molar-refractivity contribution in [3.63, 3.8) is 0 Å². The maximum Gasteiger partial charge on any atom is 0.270 e. The number of hydrogen-bond donors (Lipinski definition) is 0. The lowest BCUT2D eigenvalue weighted by Crippen LogP contribution is -2.32. The highest BCUT2D eigenvalue weighted by atomic mass is 16.2. The highest BCUT2D eigenvalue weighted by molar-refractivity contribution is 6.10. The van der Waals surface area contributed by atoms with Crippen LogP contribution >= 0.6 is 0 Å². The van der Waals surface area contributed by atoms with E-state index in [0.29, 0.717) is 6.04 Å². The van der Waals surface area contributed by atoms with Gasteiger partial charge in [-0.2, -0.15) is 0 Å². The lowest BCUT2D eigenvalue weighted by atomic mass is 10.2. The van der Waals surface area contributed by atoms with Crippen LogP contribution in [0.5, 0.6) is 0 Å². The molecular weight excluding hydrogens is 298 g/mol. The van der Waals surface area contributed by atoms with E-state index >= 15 is 0 Å². The van der Waals surface area contributed by atoms with E-state index in [4.69, 9.17) is 0 Å². The first-order valence-corrected chi connectivity index (χ1v) is 8.88. The van der Waals surface area contributed by atoms with Crippen molar-refractivity contribution in [3.8, 4) is 0 Å². The minimum atomic E-state index is 0.123. The average molecular weight is 325 g/mol. The molecule has 0 radical (unpaired) electrons. The number of carbonyl (C=O) groups is 1. The highest BCUT2D eigenvalue weighted by Crippen LogP contribution is 2.33. The number of para-hydroxylation sites is 1. The van der Waals surface area contributed by atoms with Gasteiger partial charge in [-0.1, -0.05) is 25.1 Å². The van der Waals surface area contributed by atoms with Crippen molar-refractivity contribution < 1.29 is 4.79 Å². The van der Waals surface area contributed by atoms with E-state index in [2.05, 4.69) is 60.2 Å². The molecule has 1 aromatic carbocycles. The summed E-state index contributed by atoms with van der Waals surface area (Å²) < 4.78 is 4.40. The maximum absolute atomic E-state index is 13.0. The molecule has 0 bridgehead atoms. The quantitative estimate of drug-likeness (QED) is 0.675. The lowest BCUT2D eigenvalue weighted by Gasteiger charge is -2.20. The zero-order valence-electron chi connectivity index (χ0n) is 15.3. The molecule has 0 fully saturated rings. The van der Waals surface area contributed by atoms with Gasteiger partial charge in [-0.25, -0.2) is 0 Å². The third-order valence-corrected chi connectivity index (χ3v) is 4.79. The Balaban J connectivity index is 2.25. The van der Waals surface area contributed by atoms with Crippen LogP contribution in [0.4, 0.5) is 0 Å². The number of fused-ring (bicyclic) bond motifs is 3. The lowest BCUT2D eigenvalue weighted by molar-refractivity contribution is 0.0755. The van der Waals surface area contributed by atoms with Crippen LogP contribution in [0, 0.1) is 0 Å². The Bertz CT molecular complexity index is 885. The van der Waals surface area contributed by atoms with Gasteiger partial charge in [0, 0.05) is 31.6 Å². The van der Waals surface area contributed by atoms with Gasteiger partial charge in [0.05, 0.1) is 16.6 Å². The molecule has 4 heteroatoms. The number of aromatic nitrogens is 2. The maximum atomic E-state index is 13.0. The number of amides is 1. The van der Waals surface area contributed by atoms with Gasteiger partial charge in [-0.3, -0.25) is 4.79 Å². The van der Waals surface area contributed by atoms with Gasteiger partial charge in [0.25, 0.3) is 5.91 Å². The summed E-state index contributed by atoms with van der Waals surface area (Å²) in [6, 6.07) is 10.9. The van der Waals surface area contributed by atoms with Crippen molar-refractivity contribution in [1.29, 1.82) is 0 Å². The van der Waals surface area contributed by atoms with Crippen molar-refractivity contribution >= 4 is 27.8 Å². The Morgan fingerprint density at radius 3 is 2.50 bits per heavy atom. The third kappa shape index (κ3) is 2.41. The van der Waals surface area contributed by atoms with Crippen LogP contribution in [-0.4, -0.2) is 33.0 Å². The second-order valence-electron chi connectivity index (χ2n) is 6.69. The second kappa shape index (κ2) is 6.34. The Morgan fingerprint density at radius 2 is 1.88 bits per heavy atom. The largest absolute Gasteiger partial charge is 0.338 e. The summed E-state index contributed by atoms with van der Waals surface area (Å²) in [5, 5.41) is 1.21. The molecular formula is C20H27N3O. The van der Waals surface area contributed by atoms with E-state index in [1.807, 2.05) is 18.9 Å². The Kier molecular flexibility index (Phi) is 4.39. The molecule has 2 heterocycles. The monoisotopic (exact) mass is 325 g/mol. The number of nitrogens with zero attached hydrogens (tertiary/aromatic N) is 3. The Hall–Kier alpha value is -2.23. The SMILES string of the molecule is CCCN(CC)C(=O)c1cc2c(c3ccccc3n2C(C)C)n1C. The molecule has 0 spiro atoms. The van der Waals surface area contributed by atoms with E-state index in [-0.39, 0.29) is 5.91 Å². The number of hydrogen-bond acceptors (Lipinski definition) is 1. The first kappa shape index (κ1) is 16.6. The molecule has 0 unspecified atom stereocenters. The van der Waals surface area contributed by atoms with Gasteiger partial charge >= 0.3 is 0 Å². The fourth-order valence-electron chi connectivity index (χ4n) is 3.70. The fraction of sp³-hybridized carbons (Fsp3) is 0.450. The average Bonchev–Trinajstić information content (AvgIpc) is 3.06. The van der Waals surface area contributed by atoms with Crippen LogP contribution in [0.3, 0.4) is 0 Å². The third-order valence-electron chi connectivity index (χ3n) is 4.79. The number of rotatable bonds is 5. The molecule has 1 amide bonds. The molecule has 0 atom stereocenters. The van der Waals surface area contributed by atoms with Crippen LogP contribution in [0.15, 0.2) is 30.3 Å². The van der Waals surface area contributed by atoms with E-state index in [1.54, 1.807) is 0 Å². The second-order valence-corrected chi connectivity index (χ2v) is 6.69. The standard InChI is InChI=1S/C20H27N3O/c1-6-12-22(7-2)20(24)18-13-17-19(21(18)5)15-10-8-9-11-16(15)23(17)14(3)4/h8-11,13-14H,6-7,12H2,1-5H3. The topological polar surface area (TPSA) is 30.2 Å². The summed E-state index contributed by atoms with van der Waals surface area (Å²) in [6.45, 7) is 10.1. The molecule has 3 aromatic rings. The van der Waals surface area contributed by atoms with Gasteiger partial charge in [0.2, 0.25) is 0 Å². The van der Waals surface area contributed by atoms with Crippen LogP contribution in [-0.2, 0) is 7.05 Å². The molecule has 2 aromatic heterocycles. The van der Waals surface area contributed by atoms with Crippen LogP contribution in [0.2, 0.25) is 0 Å². The molecule has 0 aliphatic carbocycles. The van der Waals surface area contributed by atoms with Crippen molar-refractivity contribution in [2.75, 3.05) is 13.1 Å². The molecule has 0 saturated heterocycles. The highest BCUT2D eigenvalue weighted by Gasteiger charge is 2.23. The van der Waals surface area contributed by atoms with E-state index in [1.165, 1.54) is 10.9 Å². The summed E-state index contributed by atoms with van der Waals surface area (Å²) in [5.74, 6) is 0.123. The number of aryl methyl sites for hydroxylation is 1. The van der Waals surface area contributed by atoms with Gasteiger partial charge < -0.3 is 14.0 Å².